The molecule has 0 aliphatic carbocycles. The maximum absolute atomic E-state index is 4.21. The summed E-state index contributed by atoms with van der Waals surface area (Å²) in [6.45, 7) is 7.77. The van der Waals surface area contributed by atoms with Gasteiger partial charge in [-0.2, -0.15) is 5.10 Å². The first-order valence-corrected chi connectivity index (χ1v) is 5.31. The molecule has 0 bridgehead atoms. The molecule has 1 aliphatic heterocycles. The first-order chi connectivity index (χ1) is 5.40. The maximum atomic E-state index is 4.21. The molecule has 12 heavy (non-hydrogen) atoms. The molecule has 0 amide bonds. The number of rotatable bonds is 1. The minimum absolute atomic E-state index is 0.334. The van der Waals surface area contributed by atoms with E-state index in [1.165, 1.54) is 0 Å². The number of nitrogens with zero attached hydrogens (tertiary/aromatic N) is 3. The minimum atomic E-state index is 0.334. The molecule has 1 rings (SSSR count). The molecule has 0 N–H and O–H groups in total. The molecule has 0 aromatic rings. The fraction of sp³-hybridized carbons (Fsp3) is 0.875. The Morgan fingerprint density at radius 1 is 1.50 bits per heavy atom. The largest absolute Gasteiger partial charge is 0.331 e. The molecule has 0 fully saturated rings. The van der Waals surface area contributed by atoms with Crippen LogP contribution in [0.25, 0.3) is 0 Å². The average Bonchev–Trinajstić information content (AvgIpc) is 2.16. The van der Waals surface area contributed by atoms with Gasteiger partial charge in [0.25, 0.3) is 0 Å². The van der Waals surface area contributed by atoms with E-state index in [1.54, 1.807) is 0 Å². The smallest absolute Gasteiger partial charge is 0.171 e. The molecule has 0 spiro atoms. The molecule has 3 nitrogen and oxygen atoms in total. The SMILES string of the molecule is CN1N=CN(CC(C)(C)C)C1I. The minimum Gasteiger partial charge on any atom is -0.331 e. The highest BCUT2D eigenvalue weighted by Gasteiger charge is 2.25. The van der Waals surface area contributed by atoms with Crippen LogP contribution in [0.2, 0.25) is 0 Å². The van der Waals surface area contributed by atoms with Crippen LogP contribution in [0.5, 0.6) is 0 Å². The van der Waals surface area contributed by atoms with E-state index < -0.39 is 0 Å². The van der Waals surface area contributed by atoms with Crippen LogP contribution in [0.4, 0.5) is 0 Å². The molecule has 1 atom stereocenters. The Morgan fingerprint density at radius 2 is 2.08 bits per heavy atom. The Balaban J connectivity index is 2.51. The number of hydrazone groups is 1. The maximum Gasteiger partial charge on any atom is 0.171 e. The Bertz CT molecular complexity index is 185. The third-order valence-corrected chi connectivity index (χ3v) is 3.14. The monoisotopic (exact) mass is 281 g/mol. The molecular formula is C8H16IN3. The summed E-state index contributed by atoms with van der Waals surface area (Å²) >= 11 is 2.39. The molecular weight excluding hydrogens is 265 g/mol. The van der Waals surface area contributed by atoms with Gasteiger partial charge in [0.15, 0.2) is 4.17 Å². The highest BCUT2D eigenvalue weighted by Crippen LogP contribution is 2.22. The van der Waals surface area contributed by atoms with Crippen LogP contribution in [0.3, 0.4) is 0 Å². The fourth-order valence-corrected chi connectivity index (χ4v) is 1.62. The molecule has 70 valence electrons. The van der Waals surface area contributed by atoms with Gasteiger partial charge in [-0.15, -0.1) is 0 Å². The van der Waals surface area contributed by atoms with Crippen molar-refractivity contribution in [2.75, 3.05) is 13.6 Å². The molecule has 0 saturated heterocycles. The molecule has 0 saturated carbocycles. The lowest BCUT2D eigenvalue weighted by Crippen LogP contribution is -2.37. The van der Waals surface area contributed by atoms with E-state index in [0.29, 0.717) is 9.59 Å². The standard InChI is InChI=1S/C8H16IN3/c1-8(2,3)5-12-6-10-11(4)7(12)9/h6-7H,5H2,1-4H3. The summed E-state index contributed by atoms with van der Waals surface area (Å²) in [4.78, 5) is 2.25. The zero-order chi connectivity index (χ0) is 9.35. The lowest BCUT2D eigenvalue weighted by Gasteiger charge is -2.29. The van der Waals surface area contributed by atoms with Crippen molar-refractivity contribution in [1.29, 1.82) is 0 Å². The van der Waals surface area contributed by atoms with E-state index in [4.69, 9.17) is 0 Å². The van der Waals surface area contributed by atoms with Gasteiger partial charge in [-0.3, -0.25) is 5.01 Å². The quantitative estimate of drug-likeness (QED) is 0.415. The van der Waals surface area contributed by atoms with Crippen LogP contribution in [-0.4, -0.2) is 34.0 Å². The first kappa shape index (κ1) is 10.1. The van der Waals surface area contributed by atoms with E-state index >= 15 is 0 Å². The Morgan fingerprint density at radius 3 is 2.42 bits per heavy atom. The van der Waals surface area contributed by atoms with Gasteiger partial charge in [-0.25, -0.2) is 0 Å². The number of hydrogen-bond acceptors (Lipinski definition) is 3. The van der Waals surface area contributed by atoms with Crippen molar-refractivity contribution in [3.05, 3.63) is 0 Å². The van der Waals surface area contributed by atoms with Crippen molar-refractivity contribution in [3.8, 4) is 0 Å². The highest BCUT2D eigenvalue weighted by atomic mass is 127. The molecule has 4 heteroatoms. The van der Waals surface area contributed by atoms with Gasteiger partial charge in [0.1, 0.15) is 6.34 Å². The van der Waals surface area contributed by atoms with Gasteiger partial charge in [-0.1, -0.05) is 20.8 Å². The third kappa shape index (κ3) is 2.50. The van der Waals surface area contributed by atoms with Gasteiger partial charge in [0, 0.05) is 13.6 Å². The lowest BCUT2D eigenvalue weighted by atomic mass is 9.96. The van der Waals surface area contributed by atoms with E-state index in [2.05, 4.69) is 53.4 Å². The van der Waals surface area contributed by atoms with Crippen molar-refractivity contribution >= 4 is 28.9 Å². The summed E-state index contributed by atoms with van der Waals surface area (Å²) in [5, 5.41) is 6.17. The summed E-state index contributed by atoms with van der Waals surface area (Å²) in [6, 6.07) is 0. The molecule has 1 heterocycles. The summed E-state index contributed by atoms with van der Waals surface area (Å²) in [7, 11) is 2.00. The van der Waals surface area contributed by atoms with Crippen molar-refractivity contribution in [1.82, 2.24) is 9.91 Å². The lowest BCUT2D eigenvalue weighted by molar-refractivity contribution is 0.208. The number of hydrogen-bond donors (Lipinski definition) is 0. The second kappa shape index (κ2) is 3.40. The van der Waals surface area contributed by atoms with E-state index in [-0.39, 0.29) is 0 Å². The van der Waals surface area contributed by atoms with Gasteiger partial charge >= 0.3 is 0 Å². The average molecular weight is 281 g/mol. The van der Waals surface area contributed by atoms with E-state index in [9.17, 15) is 0 Å². The van der Waals surface area contributed by atoms with Gasteiger partial charge in [0.05, 0.1) is 0 Å². The van der Waals surface area contributed by atoms with Gasteiger partial charge < -0.3 is 4.90 Å². The van der Waals surface area contributed by atoms with Crippen LogP contribution >= 0.6 is 22.6 Å². The van der Waals surface area contributed by atoms with E-state index in [1.807, 2.05) is 18.4 Å². The Hall–Kier alpha value is 0. The normalized spacial score (nSPS) is 23.9. The Kier molecular flexibility index (Phi) is 2.85. The van der Waals surface area contributed by atoms with Crippen LogP contribution in [-0.2, 0) is 0 Å². The van der Waals surface area contributed by atoms with Crippen LogP contribution < -0.4 is 0 Å². The second-order valence-corrected chi connectivity index (χ2v) is 5.46. The molecule has 0 aromatic carbocycles. The van der Waals surface area contributed by atoms with Crippen molar-refractivity contribution in [2.24, 2.45) is 10.5 Å². The Labute approximate surface area is 87.9 Å². The predicted octanol–water partition coefficient (Wildman–Crippen LogP) is 1.94. The van der Waals surface area contributed by atoms with Gasteiger partial charge in [0.2, 0.25) is 0 Å². The zero-order valence-electron chi connectivity index (χ0n) is 8.08. The van der Waals surface area contributed by atoms with Gasteiger partial charge in [-0.05, 0) is 28.0 Å². The number of alkyl halides is 1. The summed E-state index contributed by atoms with van der Waals surface area (Å²) in [5.41, 5.74) is 0.334. The fourth-order valence-electron chi connectivity index (χ4n) is 1.14. The van der Waals surface area contributed by atoms with Crippen LogP contribution in [0, 0.1) is 5.41 Å². The van der Waals surface area contributed by atoms with Crippen molar-refractivity contribution < 1.29 is 0 Å². The van der Waals surface area contributed by atoms with E-state index in [0.717, 1.165) is 6.54 Å². The summed E-state index contributed by atoms with van der Waals surface area (Å²) in [5.74, 6) is 0. The van der Waals surface area contributed by atoms with Crippen LogP contribution in [0.1, 0.15) is 20.8 Å². The molecule has 0 aromatic heterocycles. The summed E-state index contributed by atoms with van der Waals surface area (Å²) in [6.07, 6.45) is 1.92. The number of halogens is 1. The highest BCUT2D eigenvalue weighted by molar-refractivity contribution is 14.1. The van der Waals surface area contributed by atoms with Crippen molar-refractivity contribution in [2.45, 2.75) is 24.9 Å². The molecule has 1 unspecified atom stereocenters. The third-order valence-electron chi connectivity index (χ3n) is 1.62. The first-order valence-electron chi connectivity index (χ1n) is 4.07. The van der Waals surface area contributed by atoms with Crippen LogP contribution in [0.15, 0.2) is 5.10 Å². The van der Waals surface area contributed by atoms with Crippen molar-refractivity contribution in [3.63, 3.8) is 0 Å². The topological polar surface area (TPSA) is 18.8 Å². The molecule has 1 aliphatic rings. The molecule has 0 radical (unpaired) electrons. The summed E-state index contributed by atoms with van der Waals surface area (Å²) < 4.78 is 0.377. The zero-order valence-corrected chi connectivity index (χ0v) is 10.2. The predicted molar refractivity (Wildman–Crippen MR) is 60.2 cm³/mol. The second-order valence-electron chi connectivity index (χ2n) is 4.35.